The van der Waals surface area contributed by atoms with E-state index in [9.17, 15) is 4.79 Å². The average molecular weight is 324 g/mol. The highest BCUT2D eigenvalue weighted by Crippen LogP contribution is 2.25. The lowest BCUT2D eigenvalue weighted by Gasteiger charge is -2.15. The molecule has 6 nitrogen and oxygen atoms in total. The zero-order chi connectivity index (χ0) is 15.4. The van der Waals surface area contributed by atoms with E-state index < -0.39 is 0 Å². The molecule has 1 aromatic heterocycles. The number of hydrogen-bond acceptors (Lipinski definition) is 5. The van der Waals surface area contributed by atoms with Gasteiger partial charge in [-0.3, -0.25) is 4.79 Å². The largest absolute Gasteiger partial charge is 0.376 e. The second-order valence-electron chi connectivity index (χ2n) is 6.00. The van der Waals surface area contributed by atoms with E-state index in [1.54, 1.807) is 0 Å². The van der Waals surface area contributed by atoms with Gasteiger partial charge in [0.2, 0.25) is 5.91 Å². The Morgan fingerprint density at radius 3 is 3.14 bits per heavy atom. The Kier molecular flexibility index (Phi) is 5.36. The molecule has 0 aromatic carbocycles. The summed E-state index contributed by atoms with van der Waals surface area (Å²) >= 11 is 1.50. The van der Waals surface area contributed by atoms with Crippen LogP contribution in [0, 0.1) is 0 Å². The molecular formula is C15H24N4O2S. The van der Waals surface area contributed by atoms with E-state index in [0.717, 1.165) is 49.8 Å². The molecule has 22 heavy (non-hydrogen) atoms. The normalized spacial score (nSPS) is 22.9. The predicted molar refractivity (Wildman–Crippen MR) is 84.9 cm³/mol. The maximum atomic E-state index is 12.2. The number of thioether (sulfide) groups is 1. The summed E-state index contributed by atoms with van der Waals surface area (Å²) in [5.41, 5.74) is 0. The van der Waals surface area contributed by atoms with Crippen LogP contribution >= 0.6 is 11.8 Å². The van der Waals surface area contributed by atoms with Gasteiger partial charge >= 0.3 is 0 Å². The Morgan fingerprint density at radius 2 is 2.32 bits per heavy atom. The summed E-state index contributed by atoms with van der Waals surface area (Å²) in [6.07, 6.45) is 6.90. The molecule has 0 aliphatic carbocycles. The van der Waals surface area contributed by atoms with Crippen molar-refractivity contribution in [1.29, 1.82) is 0 Å². The average Bonchev–Trinajstić information content (AvgIpc) is 3.10. The Bertz CT molecular complexity index is 514. The third-order valence-electron chi connectivity index (χ3n) is 4.25. The smallest absolute Gasteiger partial charge is 0.233 e. The molecular weight excluding hydrogens is 300 g/mol. The number of fused-ring (bicyclic) bond motifs is 1. The van der Waals surface area contributed by atoms with Crippen LogP contribution in [0.25, 0.3) is 0 Å². The van der Waals surface area contributed by atoms with Crippen LogP contribution in [-0.2, 0) is 22.5 Å². The van der Waals surface area contributed by atoms with Crippen LogP contribution < -0.4 is 5.32 Å². The highest BCUT2D eigenvalue weighted by molar-refractivity contribution is 8.00. The van der Waals surface area contributed by atoms with Crippen LogP contribution in [0.4, 0.5) is 0 Å². The molecule has 2 atom stereocenters. The van der Waals surface area contributed by atoms with Crippen LogP contribution in [0.3, 0.4) is 0 Å². The molecule has 1 fully saturated rings. The third kappa shape index (κ3) is 3.81. The molecule has 2 aliphatic rings. The maximum Gasteiger partial charge on any atom is 0.233 e. The van der Waals surface area contributed by atoms with Gasteiger partial charge in [0.05, 0.1) is 11.4 Å². The lowest BCUT2D eigenvalue weighted by Crippen LogP contribution is -2.36. The number of aryl methyl sites for hydroxylation is 1. The zero-order valence-corrected chi connectivity index (χ0v) is 13.9. The summed E-state index contributed by atoms with van der Waals surface area (Å²) in [4.78, 5) is 12.2. The van der Waals surface area contributed by atoms with Crippen LogP contribution in [0.15, 0.2) is 5.16 Å². The standard InChI is InChI=1S/C15H24N4O2S/c1-11(14(20)16-10-12-6-5-9-21-12)22-15-18-17-13-7-3-2-4-8-19(13)15/h11-12H,2-10H2,1H3,(H,16,20)/t11-,12-/m0/s1. The van der Waals surface area contributed by atoms with Gasteiger partial charge in [0, 0.05) is 26.1 Å². The van der Waals surface area contributed by atoms with Crippen molar-refractivity contribution in [3.05, 3.63) is 5.82 Å². The highest BCUT2D eigenvalue weighted by atomic mass is 32.2. The Morgan fingerprint density at radius 1 is 1.41 bits per heavy atom. The van der Waals surface area contributed by atoms with Gasteiger partial charge in [-0.1, -0.05) is 18.2 Å². The van der Waals surface area contributed by atoms with Gasteiger partial charge < -0.3 is 14.6 Å². The quantitative estimate of drug-likeness (QED) is 0.836. The molecule has 0 unspecified atom stereocenters. The molecule has 0 bridgehead atoms. The molecule has 2 aliphatic heterocycles. The number of amides is 1. The second kappa shape index (κ2) is 7.46. The zero-order valence-electron chi connectivity index (χ0n) is 13.1. The minimum atomic E-state index is -0.169. The number of ether oxygens (including phenoxy) is 1. The fourth-order valence-electron chi connectivity index (χ4n) is 2.92. The summed E-state index contributed by atoms with van der Waals surface area (Å²) < 4.78 is 7.71. The third-order valence-corrected chi connectivity index (χ3v) is 5.34. The van der Waals surface area contributed by atoms with Crippen LogP contribution in [0.1, 0.15) is 44.9 Å². The first-order valence-electron chi connectivity index (χ1n) is 8.22. The summed E-state index contributed by atoms with van der Waals surface area (Å²) in [5, 5.41) is 12.2. The van der Waals surface area contributed by atoms with Crippen LogP contribution in [0.5, 0.6) is 0 Å². The number of carbonyl (C=O) groups excluding carboxylic acids is 1. The van der Waals surface area contributed by atoms with Gasteiger partial charge in [-0.25, -0.2) is 0 Å². The molecule has 122 valence electrons. The number of aromatic nitrogens is 3. The van der Waals surface area contributed by atoms with Crippen molar-refractivity contribution >= 4 is 17.7 Å². The van der Waals surface area contributed by atoms with E-state index in [1.165, 1.54) is 24.6 Å². The van der Waals surface area contributed by atoms with E-state index in [0.29, 0.717) is 6.54 Å². The van der Waals surface area contributed by atoms with Crippen molar-refractivity contribution in [3.8, 4) is 0 Å². The minimum absolute atomic E-state index is 0.0477. The lowest BCUT2D eigenvalue weighted by molar-refractivity contribution is -0.120. The molecule has 1 aromatic rings. The van der Waals surface area contributed by atoms with E-state index in [2.05, 4.69) is 20.1 Å². The van der Waals surface area contributed by atoms with Gasteiger partial charge in [0.15, 0.2) is 5.16 Å². The molecule has 0 saturated carbocycles. The fourth-order valence-corrected chi connectivity index (χ4v) is 3.84. The molecule has 0 spiro atoms. The Labute approximate surface area is 135 Å². The van der Waals surface area contributed by atoms with Crippen molar-refractivity contribution in [3.63, 3.8) is 0 Å². The van der Waals surface area contributed by atoms with Crippen molar-refractivity contribution in [1.82, 2.24) is 20.1 Å². The summed E-state index contributed by atoms with van der Waals surface area (Å²) in [5.74, 6) is 1.11. The van der Waals surface area contributed by atoms with Crippen molar-refractivity contribution in [2.45, 2.75) is 68.5 Å². The number of carbonyl (C=O) groups is 1. The first-order valence-corrected chi connectivity index (χ1v) is 9.10. The fraction of sp³-hybridized carbons (Fsp3) is 0.800. The van der Waals surface area contributed by atoms with E-state index in [4.69, 9.17) is 4.74 Å². The summed E-state index contributed by atoms with van der Waals surface area (Å²) in [7, 11) is 0. The second-order valence-corrected chi connectivity index (χ2v) is 7.31. The molecule has 7 heteroatoms. The van der Waals surface area contributed by atoms with E-state index >= 15 is 0 Å². The minimum Gasteiger partial charge on any atom is -0.376 e. The number of nitrogens with zero attached hydrogens (tertiary/aromatic N) is 3. The molecule has 1 saturated heterocycles. The van der Waals surface area contributed by atoms with Gasteiger partial charge in [-0.2, -0.15) is 0 Å². The van der Waals surface area contributed by atoms with Gasteiger partial charge in [-0.15, -0.1) is 10.2 Å². The first kappa shape index (κ1) is 15.8. The SMILES string of the molecule is C[C@H](Sc1nnc2n1CCCCC2)C(=O)NC[C@@H]1CCCO1. The van der Waals surface area contributed by atoms with Crippen molar-refractivity contribution in [2.75, 3.05) is 13.2 Å². The lowest BCUT2D eigenvalue weighted by atomic mass is 10.2. The molecule has 3 rings (SSSR count). The molecule has 0 radical (unpaired) electrons. The van der Waals surface area contributed by atoms with Gasteiger partial charge in [-0.05, 0) is 32.6 Å². The van der Waals surface area contributed by atoms with Crippen molar-refractivity contribution in [2.24, 2.45) is 0 Å². The maximum absolute atomic E-state index is 12.2. The van der Waals surface area contributed by atoms with E-state index in [1.807, 2.05) is 6.92 Å². The van der Waals surface area contributed by atoms with Gasteiger partial charge in [0.25, 0.3) is 0 Å². The van der Waals surface area contributed by atoms with Crippen LogP contribution in [0.2, 0.25) is 0 Å². The number of hydrogen-bond donors (Lipinski definition) is 1. The first-order chi connectivity index (χ1) is 10.7. The van der Waals surface area contributed by atoms with E-state index in [-0.39, 0.29) is 17.3 Å². The number of rotatable bonds is 5. The highest BCUT2D eigenvalue weighted by Gasteiger charge is 2.22. The summed E-state index contributed by atoms with van der Waals surface area (Å²) in [6, 6.07) is 0. The van der Waals surface area contributed by atoms with Crippen LogP contribution in [-0.4, -0.2) is 45.2 Å². The van der Waals surface area contributed by atoms with Gasteiger partial charge in [0.1, 0.15) is 5.82 Å². The molecule has 3 heterocycles. The Hall–Kier alpha value is -1.08. The molecule has 1 N–H and O–H groups in total. The van der Waals surface area contributed by atoms with Crippen molar-refractivity contribution < 1.29 is 9.53 Å². The predicted octanol–water partition coefficient (Wildman–Crippen LogP) is 1.78. The number of nitrogens with one attached hydrogen (secondary N) is 1. The monoisotopic (exact) mass is 324 g/mol. The topological polar surface area (TPSA) is 69.0 Å². The summed E-state index contributed by atoms with van der Waals surface area (Å²) in [6.45, 7) is 4.32. The molecule has 1 amide bonds. The Balaban J connectivity index is 1.53.